The molecule has 142 valence electrons. The van der Waals surface area contributed by atoms with Crippen molar-refractivity contribution >= 4 is 5.97 Å². The number of nitrogens with one attached hydrogen (secondary N) is 1. The first-order valence-electron chi connectivity index (χ1n) is 9.35. The van der Waals surface area contributed by atoms with Gasteiger partial charge in [0.05, 0.1) is 11.6 Å². The SMILES string of the molecule is CC(C)(C)OC(=O)c1ccc(-c2cc(-c3ccccc3)[nH]c2CCC#N)cc1. The molecule has 4 nitrogen and oxygen atoms in total. The van der Waals surface area contributed by atoms with Crippen molar-refractivity contribution in [3.8, 4) is 28.5 Å². The van der Waals surface area contributed by atoms with Crippen LogP contribution in [-0.2, 0) is 11.2 Å². The van der Waals surface area contributed by atoms with Crippen molar-refractivity contribution in [2.45, 2.75) is 39.2 Å². The zero-order valence-corrected chi connectivity index (χ0v) is 16.5. The van der Waals surface area contributed by atoms with Crippen LogP contribution in [0, 0.1) is 11.3 Å². The van der Waals surface area contributed by atoms with E-state index in [9.17, 15) is 4.79 Å². The summed E-state index contributed by atoms with van der Waals surface area (Å²) in [5, 5.41) is 8.99. The number of H-pyrrole nitrogens is 1. The van der Waals surface area contributed by atoms with Gasteiger partial charge in [-0.25, -0.2) is 4.79 Å². The van der Waals surface area contributed by atoms with E-state index in [1.807, 2.05) is 51.1 Å². The lowest BCUT2D eigenvalue weighted by molar-refractivity contribution is 0.00695. The third-order valence-electron chi connectivity index (χ3n) is 4.30. The summed E-state index contributed by atoms with van der Waals surface area (Å²) < 4.78 is 5.43. The van der Waals surface area contributed by atoms with Crippen molar-refractivity contribution in [1.29, 1.82) is 5.26 Å². The standard InChI is InChI=1S/C24H24N2O2/c1-24(2,3)28-23(27)19-13-11-17(12-14-19)20-16-22(18-8-5-4-6-9-18)26-21(20)10-7-15-25/h4-6,8-9,11-14,16,26H,7,10H2,1-3H3. The average molecular weight is 372 g/mol. The maximum atomic E-state index is 12.2. The second-order valence-electron chi connectivity index (χ2n) is 7.68. The van der Waals surface area contributed by atoms with E-state index in [2.05, 4.69) is 29.3 Å². The highest BCUT2D eigenvalue weighted by molar-refractivity contribution is 5.90. The van der Waals surface area contributed by atoms with Gasteiger partial charge in [-0.3, -0.25) is 0 Å². The minimum atomic E-state index is -0.522. The van der Waals surface area contributed by atoms with Gasteiger partial charge in [0.15, 0.2) is 0 Å². The van der Waals surface area contributed by atoms with E-state index in [1.54, 1.807) is 12.1 Å². The molecule has 0 aliphatic heterocycles. The number of carbonyl (C=O) groups excluding carboxylic acids is 1. The van der Waals surface area contributed by atoms with E-state index < -0.39 is 5.60 Å². The first kappa shape index (κ1) is 19.4. The van der Waals surface area contributed by atoms with Crippen molar-refractivity contribution in [3.63, 3.8) is 0 Å². The van der Waals surface area contributed by atoms with Gasteiger partial charge in [-0.2, -0.15) is 5.26 Å². The predicted octanol–water partition coefficient (Wildman–Crippen LogP) is 5.76. The molecule has 1 aromatic heterocycles. The molecule has 0 spiro atoms. The summed E-state index contributed by atoms with van der Waals surface area (Å²) in [6.07, 6.45) is 1.09. The summed E-state index contributed by atoms with van der Waals surface area (Å²) in [6, 6.07) is 21.8. The van der Waals surface area contributed by atoms with Crippen LogP contribution in [0.4, 0.5) is 0 Å². The minimum absolute atomic E-state index is 0.331. The fraction of sp³-hybridized carbons (Fsp3) is 0.250. The Bertz CT molecular complexity index is 988. The topological polar surface area (TPSA) is 65.9 Å². The number of rotatable bonds is 5. The van der Waals surface area contributed by atoms with Crippen LogP contribution in [0.1, 0.15) is 43.2 Å². The fourth-order valence-corrected chi connectivity index (χ4v) is 3.03. The van der Waals surface area contributed by atoms with E-state index >= 15 is 0 Å². The van der Waals surface area contributed by atoms with Gasteiger partial charge in [0, 0.05) is 29.8 Å². The maximum absolute atomic E-state index is 12.2. The number of aromatic nitrogens is 1. The highest BCUT2D eigenvalue weighted by Gasteiger charge is 2.18. The van der Waals surface area contributed by atoms with Crippen LogP contribution in [0.15, 0.2) is 60.7 Å². The maximum Gasteiger partial charge on any atom is 0.338 e. The van der Waals surface area contributed by atoms with Gasteiger partial charge in [-0.05, 0) is 50.1 Å². The largest absolute Gasteiger partial charge is 0.456 e. The molecule has 1 N–H and O–H groups in total. The third kappa shape index (κ3) is 4.69. The Morgan fingerprint density at radius 1 is 1.04 bits per heavy atom. The first-order valence-corrected chi connectivity index (χ1v) is 9.35. The smallest absolute Gasteiger partial charge is 0.338 e. The Balaban J connectivity index is 1.92. The van der Waals surface area contributed by atoms with Gasteiger partial charge in [-0.15, -0.1) is 0 Å². The number of nitriles is 1. The summed E-state index contributed by atoms with van der Waals surface area (Å²) >= 11 is 0. The molecular formula is C24H24N2O2. The number of hydrogen-bond donors (Lipinski definition) is 1. The summed E-state index contributed by atoms with van der Waals surface area (Å²) in [5.41, 5.74) is 5.17. The average Bonchev–Trinajstić information content (AvgIpc) is 3.10. The highest BCUT2D eigenvalue weighted by atomic mass is 16.6. The molecule has 0 fully saturated rings. The number of carbonyl (C=O) groups is 1. The van der Waals surface area contributed by atoms with Crippen molar-refractivity contribution in [1.82, 2.24) is 4.98 Å². The van der Waals surface area contributed by atoms with E-state index in [0.717, 1.165) is 28.1 Å². The molecule has 2 aromatic carbocycles. The lowest BCUT2D eigenvalue weighted by Gasteiger charge is -2.19. The van der Waals surface area contributed by atoms with Gasteiger partial charge in [0.1, 0.15) is 5.60 Å². The fourth-order valence-electron chi connectivity index (χ4n) is 3.03. The highest BCUT2D eigenvalue weighted by Crippen LogP contribution is 2.31. The van der Waals surface area contributed by atoms with Crippen LogP contribution in [-0.4, -0.2) is 16.6 Å². The minimum Gasteiger partial charge on any atom is -0.456 e. The van der Waals surface area contributed by atoms with Crippen molar-refractivity contribution < 1.29 is 9.53 Å². The number of esters is 1. The van der Waals surface area contributed by atoms with E-state index in [1.165, 1.54) is 0 Å². The molecule has 3 rings (SSSR count). The van der Waals surface area contributed by atoms with E-state index in [-0.39, 0.29) is 5.97 Å². The number of nitrogens with zero attached hydrogens (tertiary/aromatic N) is 1. The second kappa shape index (κ2) is 8.14. The molecule has 0 unspecified atom stereocenters. The second-order valence-corrected chi connectivity index (χ2v) is 7.68. The lowest BCUT2D eigenvalue weighted by atomic mass is 10.0. The van der Waals surface area contributed by atoms with Gasteiger partial charge in [0.25, 0.3) is 0 Å². The van der Waals surface area contributed by atoms with E-state index in [4.69, 9.17) is 10.00 Å². The van der Waals surface area contributed by atoms with Gasteiger partial charge >= 0.3 is 5.97 Å². The molecule has 0 saturated heterocycles. The Labute approximate surface area is 165 Å². The van der Waals surface area contributed by atoms with Gasteiger partial charge in [-0.1, -0.05) is 42.5 Å². The molecule has 1 heterocycles. The molecule has 0 saturated carbocycles. The Morgan fingerprint density at radius 2 is 1.71 bits per heavy atom. The Kier molecular flexibility index (Phi) is 5.65. The zero-order valence-electron chi connectivity index (χ0n) is 16.5. The van der Waals surface area contributed by atoms with Crippen LogP contribution in [0.5, 0.6) is 0 Å². The quantitative estimate of drug-likeness (QED) is 0.579. The molecule has 0 amide bonds. The normalized spacial score (nSPS) is 11.1. The molecular weight excluding hydrogens is 348 g/mol. The molecule has 28 heavy (non-hydrogen) atoms. The Hall–Kier alpha value is -3.32. The van der Waals surface area contributed by atoms with E-state index in [0.29, 0.717) is 18.4 Å². The molecule has 3 aromatic rings. The number of aryl methyl sites for hydroxylation is 1. The molecule has 0 aliphatic carbocycles. The monoisotopic (exact) mass is 372 g/mol. The Morgan fingerprint density at radius 3 is 2.32 bits per heavy atom. The van der Waals surface area contributed by atoms with Crippen LogP contribution < -0.4 is 0 Å². The number of aromatic amines is 1. The summed E-state index contributed by atoms with van der Waals surface area (Å²) in [6.45, 7) is 5.56. The molecule has 0 bridgehead atoms. The number of ether oxygens (including phenoxy) is 1. The van der Waals surface area contributed by atoms with Gasteiger partial charge < -0.3 is 9.72 Å². The van der Waals surface area contributed by atoms with Crippen LogP contribution in [0.3, 0.4) is 0 Å². The molecule has 0 atom stereocenters. The lowest BCUT2D eigenvalue weighted by Crippen LogP contribution is -2.23. The first-order chi connectivity index (χ1) is 13.4. The van der Waals surface area contributed by atoms with Crippen LogP contribution in [0.2, 0.25) is 0 Å². The molecule has 0 aliphatic rings. The van der Waals surface area contributed by atoms with Crippen LogP contribution in [0.25, 0.3) is 22.4 Å². The number of hydrogen-bond acceptors (Lipinski definition) is 3. The van der Waals surface area contributed by atoms with Gasteiger partial charge in [0.2, 0.25) is 0 Å². The van der Waals surface area contributed by atoms with Crippen LogP contribution >= 0.6 is 0 Å². The summed E-state index contributed by atoms with van der Waals surface area (Å²) in [7, 11) is 0. The molecule has 4 heteroatoms. The number of benzene rings is 2. The summed E-state index contributed by atoms with van der Waals surface area (Å²) in [4.78, 5) is 15.7. The van der Waals surface area contributed by atoms with Crippen molar-refractivity contribution in [3.05, 3.63) is 71.9 Å². The zero-order chi connectivity index (χ0) is 20.1. The van der Waals surface area contributed by atoms with Crippen molar-refractivity contribution in [2.75, 3.05) is 0 Å². The summed E-state index contributed by atoms with van der Waals surface area (Å²) in [5.74, 6) is -0.331. The molecule has 0 radical (unpaired) electrons. The predicted molar refractivity (Wildman–Crippen MR) is 111 cm³/mol. The third-order valence-corrected chi connectivity index (χ3v) is 4.30. The van der Waals surface area contributed by atoms with Crippen molar-refractivity contribution in [2.24, 2.45) is 0 Å².